The summed E-state index contributed by atoms with van der Waals surface area (Å²) in [6.45, 7) is 0. The van der Waals surface area contributed by atoms with Crippen LogP contribution in [0, 0.1) is 11.3 Å². The van der Waals surface area contributed by atoms with Crippen LogP contribution < -0.4 is 5.32 Å². The summed E-state index contributed by atoms with van der Waals surface area (Å²) in [7, 11) is 0. The lowest BCUT2D eigenvalue weighted by atomic mass is 10.3. The first-order valence-electron chi connectivity index (χ1n) is 3.42. The second kappa shape index (κ2) is 2.36. The highest BCUT2D eigenvalue weighted by Crippen LogP contribution is 2.18. The maximum Gasteiger partial charge on any atom is 0.149 e. The summed E-state index contributed by atoms with van der Waals surface area (Å²) >= 11 is 0. The summed E-state index contributed by atoms with van der Waals surface area (Å²) in [5.74, 6) is 0.535. The van der Waals surface area contributed by atoms with E-state index < -0.39 is 6.23 Å². The molecule has 2 rings (SSSR count). The lowest BCUT2D eigenvalue weighted by molar-refractivity contribution is 0.250. The second-order valence-corrected chi connectivity index (χ2v) is 2.39. The molecule has 12 heavy (non-hydrogen) atoms. The van der Waals surface area contributed by atoms with Crippen LogP contribution in [0.4, 0.5) is 5.82 Å². The summed E-state index contributed by atoms with van der Waals surface area (Å²) in [4.78, 5) is 0. The van der Waals surface area contributed by atoms with Gasteiger partial charge in [-0.2, -0.15) is 10.4 Å². The summed E-state index contributed by atoms with van der Waals surface area (Å²) < 4.78 is 1.51. The number of hydrogen-bond donors (Lipinski definition) is 2. The lowest BCUT2D eigenvalue weighted by Crippen LogP contribution is -2.21. The number of anilines is 1. The fourth-order valence-corrected chi connectivity index (χ4v) is 1.05. The maximum absolute atomic E-state index is 9.15. The highest BCUT2D eigenvalue weighted by atomic mass is 16.3. The average molecular weight is 162 g/mol. The van der Waals surface area contributed by atoms with Crippen molar-refractivity contribution in [3.8, 4) is 6.07 Å². The first-order valence-corrected chi connectivity index (χ1v) is 3.42. The predicted octanol–water partition coefficient (Wildman–Crippen LogP) is -0.0306. The molecule has 0 saturated heterocycles. The molecule has 0 amide bonds. The van der Waals surface area contributed by atoms with Gasteiger partial charge in [0.25, 0.3) is 0 Å². The van der Waals surface area contributed by atoms with Gasteiger partial charge in [-0.1, -0.05) is 0 Å². The van der Waals surface area contributed by atoms with Gasteiger partial charge in [0.05, 0.1) is 6.20 Å². The molecule has 0 aliphatic carbocycles. The van der Waals surface area contributed by atoms with Gasteiger partial charge in [-0.3, -0.25) is 0 Å². The van der Waals surface area contributed by atoms with Gasteiger partial charge in [-0.05, 0) is 6.08 Å². The van der Waals surface area contributed by atoms with E-state index >= 15 is 0 Å². The van der Waals surface area contributed by atoms with Gasteiger partial charge in [0, 0.05) is 6.20 Å². The van der Waals surface area contributed by atoms with Gasteiger partial charge in [-0.25, -0.2) is 4.68 Å². The van der Waals surface area contributed by atoms with Crippen molar-refractivity contribution >= 4 is 12.0 Å². The molecule has 0 fully saturated rings. The highest BCUT2D eigenvalue weighted by Gasteiger charge is 2.14. The van der Waals surface area contributed by atoms with Crippen LogP contribution in [0.1, 0.15) is 5.56 Å². The number of rotatable bonds is 0. The summed E-state index contributed by atoms with van der Waals surface area (Å²) in [5.41, 5.74) is 0.429. The number of fused-ring (bicyclic) bond motifs is 1. The van der Waals surface area contributed by atoms with E-state index in [1.165, 1.54) is 10.9 Å². The molecular formula is C7H6N4O. The van der Waals surface area contributed by atoms with Crippen molar-refractivity contribution in [1.29, 1.82) is 5.26 Å². The van der Waals surface area contributed by atoms with Gasteiger partial charge in [0.2, 0.25) is 0 Å². The monoisotopic (exact) mass is 162 g/mol. The van der Waals surface area contributed by atoms with Crippen molar-refractivity contribution in [1.82, 2.24) is 9.78 Å². The predicted molar refractivity (Wildman–Crippen MR) is 41.9 cm³/mol. The largest absolute Gasteiger partial charge is 0.370 e. The van der Waals surface area contributed by atoms with Gasteiger partial charge >= 0.3 is 0 Å². The van der Waals surface area contributed by atoms with E-state index in [1.807, 2.05) is 6.07 Å². The molecule has 0 radical (unpaired) electrons. The highest BCUT2D eigenvalue weighted by molar-refractivity contribution is 5.58. The maximum atomic E-state index is 9.15. The van der Waals surface area contributed by atoms with Crippen LogP contribution in [0.15, 0.2) is 12.3 Å². The third-order valence-electron chi connectivity index (χ3n) is 1.61. The smallest absolute Gasteiger partial charge is 0.149 e. The molecule has 1 aliphatic heterocycles. The molecule has 2 heterocycles. The Labute approximate surface area is 68.5 Å². The summed E-state index contributed by atoms with van der Waals surface area (Å²) in [5, 5.41) is 24.4. The number of aliphatic hydroxyl groups excluding tert-OH is 1. The summed E-state index contributed by atoms with van der Waals surface area (Å²) in [6, 6.07) is 1.96. The number of nitrogens with one attached hydrogen (secondary N) is 1. The number of aromatic nitrogens is 2. The van der Waals surface area contributed by atoms with Crippen LogP contribution in [0.3, 0.4) is 0 Å². The molecule has 2 N–H and O–H groups in total. The SMILES string of the molecule is N#Cc1cnn2c1NC(O)C=C2. The fraction of sp³-hybridized carbons (Fsp3) is 0.143. The first-order chi connectivity index (χ1) is 5.81. The van der Waals surface area contributed by atoms with E-state index in [2.05, 4.69) is 10.4 Å². The molecule has 0 bridgehead atoms. The lowest BCUT2D eigenvalue weighted by Gasteiger charge is -2.15. The van der Waals surface area contributed by atoms with Crippen LogP contribution in [-0.4, -0.2) is 21.1 Å². The molecule has 1 aromatic rings. The van der Waals surface area contributed by atoms with Crippen molar-refractivity contribution < 1.29 is 5.11 Å². The number of nitriles is 1. The Hall–Kier alpha value is -1.80. The van der Waals surface area contributed by atoms with E-state index in [0.29, 0.717) is 11.4 Å². The third-order valence-corrected chi connectivity index (χ3v) is 1.61. The quantitative estimate of drug-likeness (QED) is 0.561. The van der Waals surface area contributed by atoms with E-state index in [9.17, 15) is 0 Å². The Balaban J connectivity index is 2.51. The molecular weight excluding hydrogens is 156 g/mol. The van der Waals surface area contributed by atoms with Crippen LogP contribution in [-0.2, 0) is 0 Å². The Kier molecular flexibility index (Phi) is 1.35. The zero-order valence-corrected chi connectivity index (χ0v) is 6.10. The third kappa shape index (κ3) is 0.863. The van der Waals surface area contributed by atoms with E-state index in [1.54, 1.807) is 12.3 Å². The van der Waals surface area contributed by atoms with Crippen LogP contribution >= 0.6 is 0 Å². The molecule has 5 heteroatoms. The van der Waals surface area contributed by atoms with Crippen molar-refractivity contribution in [3.63, 3.8) is 0 Å². The number of aliphatic hydroxyl groups is 1. The molecule has 5 nitrogen and oxygen atoms in total. The minimum atomic E-state index is -0.735. The van der Waals surface area contributed by atoms with Crippen molar-refractivity contribution in [2.75, 3.05) is 5.32 Å². The van der Waals surface area contributed by atoms with Crippen LogP contribution in [0.25, 0.3) is 6.20 Å². The Morgan fingerprint density at radius 1 is 1.75 bits per heavy atom. The zero-order chi connectivity index (χ0) is 8.55. The molecule has 1 aromatic heterocycles. The first kappa shape index (κ1) is 6.88. The Morgan fingerprint density at radius 3 is 3.33 bits per heavy atom. The fourth-order valence-electron chi connectivity index (χ4n) is 1.05. The van der Waals surface area contributed by atoms with Crippen molar-refractivity contribution in [2.24, 2.45) is 0 Å². The van der Waals surface area contributed by atoms with Gasteiger partial charge < -0.3 is 10.4 Å². The molecule has 0 aromatic carbocycles. The second-order valence-electron chi connectivity index (χ2n) is 2.39. The summed E-state index contributed by atoms with van der Waals surface area (Å²) in [6.07, 6.45) is 3.87. The van der Waals surface area contributed by atoms with E-state index in [-0.39, 0.29) is 0 Å². The molecule has 60 valence electrons. The Morgan fingerprint density at radius 2 is 2.58 bits per heavy atom. The van der Waals surface area contributed by atoms with E-state index in [4.69, 9.17) is 10.4 Å². The van der Waals surface area contributed by atoms with Crippen molar-refractivity contribution in [2.45, 2.75) is 6.23 Å². The van der Waals surface area contributed by atoms with Gasteiger partial charge in [0.1, 0.15) is 23.7 Å². The van der Waals surface area contributed by atoms with Crippen LogP contribution in [0.2, 0.25) is 0 Å². The molecule has 0 saturated carbocycles. The van der Waals surface area contributed by atoms with E-state index in [0.717, 1.165) is 0 Å². The minimum absolute atomic E-state index is 0.429. The Bertz CT molecular complexity index is 373. The average Bonchev–Trinajstić information content (AvgIpc) is 2.46. The van der Waals surface area contributed by atoms with Crippen molar-refractivity contribution in [3.05, 3.63) is 17.8 Å². The normalized spacial score (nSPS) is 19.5. The van der Waals surface area contributed by atoms with Gasteiger partial charge in [-0.15, -0.1) is 0 Å². The van der Waals surface area contributed by atoms with Gasteiger partial charge in [0.15, 0.2) is 0 Å². The number of nitrogens with zero attached hydrogens (tertiary/aromatic N) is 3. The zero-order valence-electron chi connectivity index (χ0n) is 6.10. The molecule has 1 aliphatic rings. The molecule has 0 spiro atoms. The topological polar surface area (TPSA) is 73.9 Å². The van der Waals surface area contributed by atoms with Crippen LogP contribution in [0.5, 0.6) is 0 Å². The molecule has 1 unspecified atom stereocenters. The minimum Gasteiger partial charge on any atom is -0.370 e. The standard InChI is InChI=1S/C7H6N4O/c8-3-5-4-9-11-2-1-6(12)10-7(5)11/h1-2,4,6,10,12H. The molecule has 1 atom stereocenters. The number of hydrogen-bond acceptors (Lipinski definition) is 4.